The maximum absolute atomic E-state index is 5.77. The Morgan fingerprint density at radius 2 is 1.80 bits per heavy atom. The van der Waals surface area contributed by atoms with Gasteiger partial charge in [-0.15, -0.1) is 0 Å². The molecule has 1 aromatic heterocycles. The van der Waals surface area contributed by atoms with Gasteiger partial charge < -0.3 is 11.1 Å². The molecular formula is C15H11Br2N3. The Hall–Kier alpha value is -1.59. The van der Waals surface area contributed by atoms with Crippen LogP contribution in [0.1, 0.15) is 0 Å². The number of rotatable bonds is 2. The molecule has 0 spiro atoms. The van der Waals surface area contributed by atoms with Crippen molar-refractivity contribution in [2.75, 3.05) is 11.1 Å². The second-order valence-electron chi connectivity index (χ2n) is 4.40. The monoisotopic (exact) mass is 391 g/mol. The lowest BCUT2D eigenvalue weighted by atomic mass is 10.2. The van der Waals surface area contributed by atoms with E-state index in [0.29, 0.717) is 0 Å². The Bertz CT molecular complexity index is 787. The third kappa shape index (κ3) is 2.78. The van der Waals surface area contributed by atoms with Gasteiger partial charge in [0.25, 0.3) is 0 Å². The lowest BCUT2D eigenvalue weighted by molar-refractivity contribution is 1.36. The molecule has 0 fully saturated rings. The number of halogens is 2. The van der Waals surface area contributed by atoms with Crippen molar-refractivity contribution in [3.63, 3.8) is 0 Å². The van der Waals surface area contributed by atoms with E-state index in [9.17, 15) is 0 Å². The number of pyridine rings is 1. The van der Waals surface area contributed by atoms with E-state index < -0.39 is 0 Å². The first kappa shape index (κ1) is 13.4. The van der Waals surface area contributed by atoms with Gasteiger partial charge in [-0.2, -0.15) is 0 Å². The molecule has 0 radical (unpaired) electrons. The molecule has 0 aliphatic heterocycles. The second kappa shape index (κ2) is 5.42. The lowest BCUT2D eigenvalue weighted by Gasteiger charge is -2.09. The molecule has 0 bridgehead atoms. The average Bonchev–Trinajstić information content (AvgIpc) is 2.43. The van der Waals surface area contributed by atoms with Crippen molar-refractivity contribution < 1.29 is 0 Å². The smallest absolute Gasteiger partial charge is 0.131 e. The van der Waals surface area contributed by atoms with Crippen LogP contribution in [-0.4, -0.2) is 4.98 Å². The molecular weight excluding hydrogens is 382 g/mol. The number of aromatic nitrogens is 1. The number of nitrogens with one attached hydrogen (secondary N) is 1. The number of nitrogens with zero attached hydrogens (tertiary/aromatic N) is 1. The van der Waals surface area contributed by atoms with Crippen LogP contribution in [0.15, 0.2) is 57.5 Å². The topological polar surface area (TPSA) is 50.9 Å². The van der Waals surface area contributed by atoms with Crippen LogP contribution in [0.3, 0.4) is 0 Å². The van der Waals surface area contributed by atoms with Crippen molar-refractivity contribution in [1.82, 2.24) is 4.98 Å². The van der Waals surface area contributed by atoms with Gasteiger partial charge in [0.05, 0.1) is 11.2 Å². The van der Waals surface area contributed by atoms with E-state index in [1.807, 2.05) is 48.5 Å². The molecule has 2 aromatic carbocycles. The van der Waals surface area contributed by atoms with Crippen LogP contribution in [0, 0.1) is 0 Å². The highest BCUT2D eigenvalue weighted by atomic mass is 79.9. The molecule has 0 amide bonds. The van der Waals surface area contributed by atoms with E-state index in [1.165, 1.54) is 0 Å². The molecule has 3 N–H and O–H groups in total. The van der Waals surface area contributed by atoms with Gasteiger partial charge in [-0.05, 0) is 64.5 Å². The minimum absolute atomic E-state index is 0.745. The molecule has 0 unspecified atom stereocenters. The predicted molar refractivity (Wildman–Crippen MR) is 91.3 cm³/mol. The molecule has 0 atom stereocenters. The third-order valence-corrected chi connectivity index (χ3v) is 4.09. The van der Waals surface area contributed by atoms with Gasteiger partial charge in [-0.3, -0.25) is 0 Å². The Balaban J connectivity index is 1.98. The molecule has 1 heterocycles. The summed E-state index contributed by atoms with van der Waals surface area (Å²) in [6, 6.07) is 15.6. The SMILES string of the molecule is Nc1ccc2nc(Nc3cc(Br)ccc3Br)ccc2c1. The predicted octanol–water partition coefficient (Wildman–Crippen LogP) is 5.09. The molecule has 0 saturated heterocycles. The maximum atomic E-state index is 5.77. The first-order valence-corrected chi connectivity index (χ1v) is 7.59. The van der Waals surface area contributed by atoms with Crippen molar-refractivity contribution in [2.24, 2.45) is 0 Å². The molecule has 0 aliphatic carbocycles. The summed E-state index contributed by atoms with van der Waals surface area (Å²) >= 11 is 6.98. The van der Waals surface area contributed by atoms with Gasteiger partial charge in [0.2, 0.25) is 0 Å². The Labute approximate surface area is 133 Å². The largest absolute Gasteiger partial charge is 0.399 e. The van der Waals surface area contributed by atoms with Gasteiger partial charge in [-0.25, -0.2) is 4.98 Å². The van der Waals surface area contributed by atoms with E-state index in [1.54, 1.807) is 0 Å². The Morgan fingerprint density at radius 3 is 2.65 bits per heavy atom. The fourth-order valence-electron chi connectivity index (χ4n) is 1.94. The summed E-state index contributed by atoms with van der Waals surface area (Å²) in [7, 11) is 0. The summed E-state index contributed by atoms with van der Waals surface area (Å²) in [5, 5.41) is 4.33. The van der Waals surface area contributed by atoms with Gasteiger partial charge in [0.15, 0.2) is 0 Å². The lowest BCUT2D eigenvalue weighted by Crippen LogP contribution is -1.95. The van der Waals surface area contributed by atoms with E-state index in [4.69, 9.17) is 5.73 Å². The Morgan fingerprint density at radius 1 is 0.950 bits per heavy atom. The first-order chi connectivity index (χ1) is 9.61. The summed E-state index contributed by atoms with van der Waals surface area (Å²) in [5.74, 6) is 0.793. The molecule has 100 valence electrons. The standard InChI is InChI=1S/C15H11Br2N3/c16-10-2-4-12(17)14(8-10)20-15-6-1-9-7-11(18)3-5-13(9)19-15/h1-8H,18H2,(H,19,20). The average molecular weight is 393 g/mol. The zero-order valence-electron chi connectivity index (χ0n) is 10.4. The fourth-order valence-corrected chi connectivity index (χ4v) is 2.65. The van der Waals surface area contributed by atoms with Crippen molar-refractivity contribution >= 4 is 60.0 Å². The Kier molecular flexibility index (Phi) is 3.63. The third-order valence-electron chi connectivity index (χ3n) is 2.90. The highest BCUT2D eigenvalue weighted by molar-refractivity contribution is 9.11. The second-order valence-corrected chi connectivity index (χ2v) is 6.17. The van der Waals surface area contributed by atoms with Crippen LogP contribution >= 0.6 is 31.9 Å². The van der Waals surface area contributed by atoms with Crippen molar-refractivity contribution in [3.05, 3.63) is 57.5 Å². The number of hydrogen-bond acceptors (Lipinski definition) is 3. The van der Waals surface area contributed by atoms with Gasteiger partial charge in [0, 0.05) is 20.0 Å². The number of benzene rings is 2. The minimum atomic E-state index is 0.745. The number of nitrogens with two attached hydrogens (primary N) is 1. The van der Waals surface area contributed by atoms with Crippen LogP contribution in [0.4, 0.5) is 17.2 Å². The quantitative estimate of drug-likeness (QED) is 0.597. The zero-order chi connectivity index (χ0) is 14.1. The zero-order valence-corrected chi connectivity index (χ0v) is 13.6. The highest BCUT2D eigenvalue weighted by Crippen LogP contribution is 2.29. The van der Waals surface area contributed by atoms with Gasteiger partial charge >= 0.3 is 0 Å². The van der Waals surface area contributed by atoms with E-state index >= 15 is 0 Å². The van der Waals surface area contributed by atoms with E-state index in [2.05, 4.69) is 42.2 Å². The molecule has 3 rings (SSSR count). The maximum Gasteiger partial charge on any atom is 0.131 e. The molecule has 5 heteroatoms. The van der Waals surface area contributed by atoms with Crippen molar-refractivity contribution in [3.8, 4) is 0 Å². The fraction of sp³-hybridized carbons (Fsp3) is 0. The highest BCUT2D eigenvalue weighted by Gasteiger charge is 2.03. The van der Waals surface area contributed by atoms with Crippen molar-refractivity contribution in [2.45, 2.75) is 0 Å². The summed E-state index contributed by atoms with van der Waals surface area (Å²) < 4.78 is 2.00. The van der Waals surface area contributed by atoms with Crippen LogP contribution in [0.2, 0.25) is 0 Å². The summed E-state index contributed by atoms with van der Waals surface area (Å²) in [4.78, 5) is 4.58. The normalized spacial score (nSPS) is 10.7. The number of fused-ring (bicyclic) bond motifs is 1. The van der Waals surface area contributed by atoms with E-state index in [0.717, 1.165) is 37.0 Å². The summed E-state index contributed by atoms with van der Waals surface area (Å²) in [6.07, 6.45) is 0. The minimum Gasteiger partial charge on any atom is -0.399 e. The van der Waals surface area contributed by atoms with Crippen molar-refractivity contribution in [1.29, 1.82) is 0 Å². The number of anilines is 3. The molecule has 3 nitrogen and oxygen atoms in total. The molecule has 20 heavy (non-hydrogen) atoms. The number of hydrogen-bond donors (Lipinski definition) is 2. The molecule has 0 saturated carbocycles. The molecule has 0 aliphatic rings. The summed E-state index contributed by atoms with van der Waals surface area (Å²) in [6.45, 7) is 0. The summed E-state index contributed by atoms with van der Waals surface area (Å²) in [5.41, 5.74) is 8.38. The van der Waals surface area contributed by atoms with Gasteiger partial charge in [0.1, 0.15) is 5.82 Å². The van der Waals surface area contributed by atoms with Crippen LogP contribution in [0.5, 0.6) is 0 Å². The number of nitrogen functional groups attached to an aromatic ring is 1. The first-order valence-electron chi connectivity index (χ1n) is 6.00. The van der Waals surface area contributed by atoms with Gasteiger partial charge in [-0.1, -0.05) is 15.9 Å². The van der Waals surface area contributed by atoms with Crippen LogP contribution in [0.25, 0.3) is 10.9 Å². The van der Waals surface area contributed by atoms with Crippen LogP contribution in [-0.2, 0) is 0 Å². The molecule has 3 aromatic rings. The van der Waals surface area contributed by atoms with E-state index in [-0.39, 0.29) is 0 Å². The van der Waals surface area contributed by atoms with Crippen LogP contribution < -0.4 is 11.1 Å².